The summed E-state index contributed by atoms with van der Waals surface area (Å²) in [6.45, 7) is 2.27. The third kappa shape index (κ3) is 4.77. The lowest BCUT2D eigenvalue weighted by Gasteiger charge is -2.11. The summed E-state index contributed by atoms with van der Waals surface area (Å²) in [6.07, 6.45) is 0. The van der Waals surface area contributed by atoms with Gasteiger partial charge in [0, 0.05) is 11.6 Å². The molecule has 1 heterocycles. The lowest BCUT2D eigenvalue weighted by atomic mass is 10.2. The lowest BCUT2D eigenvalue weighted by Crippen LogP contribution is -2.20. The number of carbonyl (C=O) groups is 1. The number of nitrogens with zero attached hydrogens (tertiary/aromatic N) is 4. The zero-order valence-corrected chi connectivity index (χ0v) is 17.2. The number of hydrogen-bond donors (Lipinski definition) is 1. The monoisotopic (exact) mass is 413 g/mol. The Bertz CT molecular complexity index is 1020. The van der Waals surface area contributed by atoms with Gasteiger partial charge in [-0.3, -0.25) is 4.79 Å². The highest BCUT2D eigenvalue weighted by Gasteiger charge is 2.14. The van der Waals surface area contributed by atoms with Gasteiger partial charge >= 0.3 is 0 Å². The molecule has 2 aromatic carbocycles. The van der Waals surface area contributed by atoms with Crippen molar-refractivity contribution in [1.82, 2.24) is 20.2 Å². The van der Waals surface area contributed by atoms with E-state index in [2.05, 4.69) is 20.7 Å². The molecule has 0 atom stereocenters. The minimum Gasteiger partial charge on any atom is -0.497 e. The molecule has 158 valence electrons. The van der Waals surface area contributed by atoms with Gasteiger partial charge in [-0.25, -0.2) is 0 Å². The molecule has 1 aromatic heterocycles. The molecule has 0 bridgehead atoms. The third-order valence-electron chi connectivity index (χ3n) is 4.14. The summed E-state index contributed by atoms with van der Waals surface area (Å²) < 4.78 is 21.3. The highest BCUT2D eigenvalue weighted by atomic mass is 16.5. The number of carbonyl (C=O) groups excluding carboxylic acids is 1. The summed E-state index contributed by atoms with van der Waals surface area (Å²) >= 11 is 0. The number of amides is 1. The highest BCUT2D eigenvalue weighted by molar-refractivity contribution is 5.92. The number of nitrogens with one attached hydrogen (secondary N) is 1. The van der Waals surface area contributed by atoms with Crippen LogP contribution in [-0.4, -0.2) is 54.1 Å². The average molecular weight is 413 g/mol. The molecule has 10 heteroatoms. The van der Waals surface area contributed by atoms with Crippen molar-refractivity contribution in [1.29, 1.82) is 0 Å². The van der Waals surface area contributed by atoms with Gasteiger partial charge in [-0.05, 0) is 42.5 Å². The third-order valence-corrected chi connectivity index (χ3v) is 4.14. The fraction of sp³-hybridized carbons (Fsp3) is 0.300. The molecule has 0 spiro atoms. The minimum atomic E-state index is -0.327. The molecule has 1 amide bonds. The number of anilines is 1. The van der Waals surface area contributed by atoms with Crippen LogP contribution in [0.3, 0.4) is 0 Å². The van der Waals surface area contributed by atoms with Crippen LogP contribution in [0.4, 0.5) is 5.69 Å². The van der Waals surface area contributed by atoms with Crippen LogP contribution in [0.5, 0.6) is 23.0 Å². The van der Waals surface area contributed by atoms with E-state index in [1.807, 2.05) is 6.92 Å². The molecule has 0 radical (unpaired) electrons. The summed E-state index contributed by atoms with van der Waals surface area (Å²) in [7, 11) is 4.64. The Balaban J connectivity index is 1.71. The van der Waals surface area contributed by atoms with Crippen LogP contribution in [0.1, 0.15) is 6.92 Å². The fourth-order valence-corrected chi connectivity index (χ4v) is 2.73. The molecule has 3 aromatic rings. The normalized spacial score (nSPS) is 10.4. The molecular weight excluding hydrogens is 390 g/mol. The van der Waals surface area contributed by atoms with Crippen LogP contribution in [-0.2, 0) is 11.3 Å². The molecule has 0 aliphatic carbocycles. The van der Waals surface area contributed by atoms with Crippen molar-refractivity contribution in [3.8, 4) is 34.4 Å². The molecule has 0 saturated carbocycles. The summed E-state index contributed by atoms with van der Waals surface area (Å²) in [5, 5.41) is 15.0. The first-order chi connectivity index (χ1) is 14.6. The minimum absolute atomic E-state index is 0.114. The topological polar surface area (TPSA) is 110 Å². The van der Waals surface area contributed by atoms with Crippen molar-refractivity contribution >= 4 is 11.6 Å². The molecule has 3 rings (SSSR count). The average Bonchev–Trinajstić information content (AvgIpc) is 3.22. The van der Waals surface area contributed by atoms with Gasteiger partial charge in [0.25, 0.3) is 0 Å². The van der Waals surface area contributed by atoms with Gasteiger partial charge in [-0.2, -0.15) is 4.80 Å². The molecule has 10 nitrogen and oxygen atoms in total. The van der Waals surface area contributed by atoms with Gasteiger partial charge in [0.2, 0.25) is 11.7 Å². The number of benzene rings is 2. The summed E-state index contributed by atoms with van der Waals surface area (Å²) in [6, 6.07) is 10.4. The Kier molecular flexibility index (Phi) is 6.68. The standard InChI is InChI=1S/C20H23N5O5/c1-5-30-18-10-13(6-9-16(18)28-3)20-22-24-25(23-20)12-19(26)21-15-8-7-14(27-2)11-17(15)29-4/h6-11H,5,12H2,1-4H3,(H,21,26). The zero-order chi connectivity index (χ0) is 21.5. The molecule has 0 fully saturated rings. The van der Waals surface area contributed by atoms with E-state index >= 15 is 0 Å². The van der Waals surface area contributed by atoms with Crippen LogP contribution in [0.2, 0.25) is 0 Å². The molecule has 0 saturated heterocycles. The molecule has 0 aliphatic heterocycles. The van der Waals surface area contributed by atoms with E-state index in [-0.39, 0.29) is 12.5 Å². The first-order valence-corrected chi connectivity index (χ1v) is 9.18. The second kappa shape index (κ2) is 9.59. The van der Waals surface area contributed by atoms with Gasteiger partial charge in [0.1, 0.15) is 18.0 Å². The Morgan fingerprint density at radius 3 is 2.50 bits per heavy atom. The Morgan fingerprint density at radius 1 is 1.00 bits per heavy atom. The number of ether oxygens (including phenoxy) is 4. The SMILES string of the molecule is CCOc1cc(-c2nnn(CC(=O)Nc3ccc(OC)cc3OC)n2)ccc1OC. The van der Waals surface area contributed by atoms with Crippen molar-refractivity contribution < 1.29 is 23.7 Å². The highest BCUT2D eigenvalue weighted by Crippen LogP contribution is 2.31. The van der Waals surface area contributed by atoms with Crippen LogP contribution >= 0.6 is 0 Å². The number of methoxy groups -OCH3 is 3. The first kappa shape index (κ1) is 20.9. The van der Waals surface area contributed by atoms with E-state index in [0.717, 1.165) is 0 Å². The van der Waals surface area contributed by atoms with Crippen molar-refractivity contribution in [3.63, 3.8) is 0 Å². The van der Waals surface area contributed by atoms with Gasteiger partial charge in [0.05, 0.1) is 33.6 Å². The number of aromatic nitrogens is 4. The maximum absolute atomic E-state index is 12.4. The predicted molar refractivity (Wildman–Crippen MR) is 109 cm³/mol. The van der Waals surface area contributed by atoms with E-state index in [9.17, 15) is 4.79 Å². The van der Waals surface area contributed by atoms with Crippen molar-refractivity contribution in [3.05, 3.63) is 36.4 Å². The van der Waals surface area contributed by atoms with E-state index in [0.29, 0.717) is 46.7 Å². The first-order valence-electron chi connectivity index (χ1n) is 9.18. The van der Waals surface area contributed by atoms with Crippen LogP contribution in [0.25, 0.3) is 11.4 Å². The van der Waals surface area contributed by atoms with Crippen LogP contribution in [0.15, 0.2) is 36.4 Å². The molecule has 30 heavy (non-hydrogen) atoms. The molecular formula is C20H23N5O5. The van der Waals surface area contributed by atoms with E-state index in [1.165, 1.54) is 11.9 Å². The quantitative estimate of drug-likeness (QED) is 0.570. The lowest BCUT2D eigenvalue weighted by molar-refractivity contribution is -0.117. The van der Waals surface area contributed by atoms with E-state index in [4.69, 9.17) is 18.9 Å². The zero-order valence-electron chi connectivity index (χ0n) is 17.2. The van der Waals surface area contributed by atoms with Gasteiger partial charge < -0.3 is 24.3 Å². The van der Waals surface area contributed by atoms with E-state index in [1.54, 1.807) is 50.6 Å². The largest absolute Gasteiger partial charge is 0.497 e. The fourth-order valence-electron chi connectivity index (χ4n) is 2.73. The Hall–Kier alpha value is -3.82. The van der Waals surface area contributed by atoms with Crippen LogP contribution < -0.4 is 24.3 Å². The summed E-state index contributed by atoms with van der Waals surface area (Å²) in [5.74, 6) is 2.34. The number of rotatable bonds is 9. The molecule has 0 unspecified atom stereocenters. The predicted octanol–water partition coefficient (Wildman–Crippen LogP) is 2.40. The second-order valence-corrected chi connectivity index (χ2v) is 6.06. The summed E-state index contributed by atoms with van der Waals surface area (Å²) in [4.78, 5) is 13.6. The smallest absolute Gasteiger partial charge is 0.248 e. The second-order valence-electron chi connectivity index (χ2n) is 6.06. The van der Waals surface area contributed by atoms with Gasteiger partial charge in [-0.1, -0.05) is 0 Å². The molecule has 0 aliphatic rings. The van der Waals surface area contributed by atoms with Gasteiger partial charge in [-0.15, -0.1) is 10.2 Å². The number of tetrazole rings is 1. The van der Waals surface area contributed by atoms with Crippen molar-refractivity contribution in [2.75, 3.05) is 33.3 Å². The maximum Gasteiger partial charge on any atom is 0.248 e. The maximum atomic E-state index is 12.4. The summed E-state index contributed by atoms with van der Waals surface area (Å²) in [5.41, 5.74) is 1.21. The van der Waals surface area contributed by atoms with E-state index < -0.39 is 0 Å². The molecule has 1 N–H and O–H groups in total. The van der Waals surface area contributed by atoms with Crippen LogP contribution in [0, 0.1) is 0 Å². The number of hydrogen-bond acceptors (Lipinski definition) is 8. The van der Waals surface area contributed by atoms with Gasteiger partial charge in [0.15, 0.2) is 11.5 Å². The van der Waals surface area contributed by atoms with Crippen molar-refractivity contribution in [2.45, 2.75) is 13.5 Å². The van der Waals surface area contributed by atoms with Crippen molar-refractivity contribution in [2.24, 2.45) is 0 Å². The Labute approximate surface area is 173 Å². The Morgan fingerprint density at radius 2 is 1.80 bits per heavy atom.